The number of anilines is 1. The van der Waals surface area contributed by atoms with E-state index in [1.165, 1.54) is 5.70 Å². The Morgan fingerprint density at radius 2 is 1.77 bits per heavy atom. The summed E-state index contributed by atoms with van der Waals surface area (Å²) in [5.74, 6) is 3.32. The number of benzene rings is 1. The number of rotatable bonds is 9. The molecule has 6 nitrogen and oxygen atoms in total. The normalized spacial score (nSPS) is 33.5. The van der Waals surface area contributed by atoms with Crippen molar-refractivity contribution in [3.05, 3.63) is 36.0 Å². The average Bonchev–Trinajstić information content (AvgIpc) is 3.26. The fraction of sp³-hybridized carbons (Fsp3) is 0.677. The van der Waals surface area contributed by atoms with Crippen LogP contribution in [0.25, 0.3) is 0 Å². The van der Waals surface area contributed by atoms with Gasteiger partial charge in [-0.05, 0) is 80.5 Å². The lowest BCUT2D eigenvalue weighted by Gasteiger charge is -2.58. The largest absolute Gasteiger partial charge is 0.482 e. The number of allylic oxidation sites excluding steroid dienone is 2. The van der Waals surface area contributed by atoms with Crippen LogP contribution in [0.5, 0.6) is 5.75 Å². The second kappa shape index (κ2) is 11.5. The fourth-order valence-corrected chi connectivity index (χ4v) is 8.80. The van der Waals surface area contributed by atoms with E-state index < -0.39 is 0 Å². The summed E-state index contributed by atoms with van der Waals surface area (Å²) in [5, 5.41) is 0. The van der Waals surface area contributed by atoms with E-state index in [2.05, 4.69) is 24.8 Å². The minimum atomic E-state index is -0.302. The minimum Gasteiger partial charge on any atom is -0.482 e. The first-order valence-electron chi connectivity index (χ1n) is 14.5. The molecule has 5 rings (SSSR count). The molecule has 4 aliphatic rings. The van der Waals surface area contributed by atoms with Gasteiger partial charge < -0.3 is 19.3 Å². The first kappa shape index (κ1) is 28.6. The molecule has 0 spiro atoms. The van der Waals surface area contributed by atoms with Crippen LogP contribution >= 0.6 is 23.2 Å². The van der Waals surface area contributed by atoms with E-state index in [9.17, 15) is 9.59 Å². The Bertz CT molecular complexity index is 1090. The van der Waals surface area contributed by atoms with Crippen molar-refractivity contribution in [2.75, 3.05) is 43.4 Å². The summed E-state index contributed by atoms with van der Waals surface area (Å²) in [7, 11) is 1.94. The molecule has 0 N–H and O–H groups in total. The molecule has 39 heavy (non-hydrogen) atoms. The number of likely N-dealkylation sites (tertiary alicyclic amines) is 1. The molecule has 1 aromatic rings. The summed E-state index contributed by atoms with van der Waals surface area (Å²) < 4.78 is 11.9. The Labute approximate surface area is 243 Å². The van der Waals surface area contributed by atoms with Crippen LogP contribution in [-0.2, 0) is 14.3 Å². The SMILES string of the molecule is CN1C(=O)CCC2(C)C1=CCC1C2CCC2(C)C(OC(=O)COc3ccc(N(CCCl)CCCl)cc3)CCC12. The molecule has 0 radical (unpaired) electrons. The zero-order valence-electron chi connectivity index (χ0n) is 23.5. The van der Waals surface area contributed by atoms with Gasteiger partial charge in [0.2, 0.25) is 5.91 Å². The molecule has 3 aliphatic carbocycles. The highest BCUT2D eigenvalue weighted by molar-refractivity contribution is 6.18. The van der Waals surface area contributed by atoms with Crippen LogP contribution in [0.4, 0.5) is 5.69 Å². The topological polar surface area (TPSA) is 59.1 Å². The number of piperidine rings is 1. The maximum atomic E-state index is 12.9. The van der Waals surface area contributed by atoms with E-state index in [1.807, 2.05) is 36.2 Å². The Morgan fingerprint density at radius 3 is 2.46 bits per heavy atom. The number of carbonyl (C=O) groups excluding carboxylic acids is 2. The predicted molar refractivity (Wildman–Crippen MR) is 155 cm³/mol. The Morgan fingerprint density at radius 1 is 1.05 bits per heavy atom. The van der Waals surface area contributed by atoms with Gasteiger partial charge in [-0.3, -0.25) is 4.79 Å². The first-order chi connectivity index (χ1) is 18.7. The van der Waals surface area contributed by atoms with Crippen molar-refractivity contribution in [2.24, 2.45) is 28.6 Å². The molecule has 8 heteroatoms. The van der Waals surface area contributed by atoms with Gasteiger partial charge in [0.05, 0.1) is 0 Å². The number of esters is 1. The number of hydrogen-bond donors (Lipinski definition) is 0. The quantitative estimate of drug-likeness (QED) is 0.257. The number of ether oxygens (including phenoxy) is 2. The van der Waals surface area contributed by atoms with Crippen LogP contribution in [0.1, 0.15) is 58.8 Å². The van der Waals surface area contributed by atoms with E-state index in [4.69, 9.17) is 32.7 Å². The summed E-state index contributed by atoms with van der Waals surface area (Å²) in [6.07, 6.45) is 9.04. The zero-order chi connectivity index (χ0) is 27.8. The highest BCUT2D eigenvalue weighted by Crippen LogP contribution is 2.64. The Kier molecular flexibility index (Phi) is 8.45. The lowest BCUT2D eigenvalue weighted by molar-refractivity contribution is -0.162. The van der Waals surface area contributed by atoms with Crippen LogP contribution < -0.4 is 9.64 Å². The van der Waals surface area contributed by atoms with Crippen LogP contribution in [0.2, 0.25) is 0 Å². The van der Waals surface area contributed by atoms with Gasteiger partial charge in [0.1, 0.15) is 11.9 Å². The van der Waals surface area contributed by atoms with Gasteiger partial charge in [0.15, 0.2) is 6.61 Å². The van der Waals surface area contributed by atoms with Crippen LogP contribution in [-0.4, -0.2) is 61.4 Å². The molecule has 0 bridgehead atoms. The lowest BCUT2D eigenvalue weighted by atomic mass is 9.49. The van der Waals surface area contributed by atoms with Crippen molar-refractivity contribution in [3.8, 4) is 5.75 Å². The number of alkyl halides is 2. The average molecular weight is 578 g/mol. The summed E-state index contributed by atoms with van der Waals surface area (Å²) in [4.78, 5) is 29.3. The van der Waals surface area contributed by atoms with Crippen molar-refractivity contribution in [2.45, 2.75) is 64.9 Å². The smallest absolute Gasteiger partial charge is 0.344 e. The van der Waals surface area contributed by atoms with Gasteiger partial charge in [-0.25, -0.2) is 4.79 Å². The third-order valence-corrected chi connectivity index (χ3v) is 10.8. The van der Waals surface area contributed by atoms with E-state index in [1.54, 1.807) is 0 Å². The molecule has 3 fully saturated rings. The van der Waals surface area contributed by atoms with Crippen molar-refractivity contribution < 1.29 is 19.1 Å². The summed E-state index contributed by atoms with van der Waals surface area (Å²) in [6.45, 7) is 6.06. The summed E-state index contributed by atoms with van der Waals surface area (Å²) >= 11 is 11.8. The number of amides is 1. The second-order valence-electron chi connectivity index (χ2n) is 12.3. The Hall–Kier alpha value is -1.92. The minimum absolute atomic E-state index is 0.00906. The number of halogens is 2. The van der Waals surface area contributed by atoms with Crippen molar-refractivity contribution in [1.29, 1.82) is 0 Å². The van der Waals surface area contributed by atoms with Crippen molar-refractivity contribution in [3.63, 3.8) is 0 Å². The van der Waals surface area contributed by atoms with Gasteiger partial charge in [-0.1, -0.05) is 19.9 Å². The monoisotopic (exact) mass is 576 g/mol. The van der Waals surface area contributed by atoms with E-state index in [0.29, 0.717) is 41.7 Å². The highest BCUT2D eigenvalue weighted by atomic mass is 35.5. The standard InChI is InChI=1S/C31H42Cl2N2O4/c1-30-15-13-28(36)34(3)26(30)10-8-23-24-9-11-27(31(24,2)14-12-25(23)30)39-29(37)20-38-22-6-4-21(5-7-22)35(18-16-32)19-17-33/h4-7,10,23-25,27H,8-9,11-20H2,1-3H3. The van der Waals surface area contributed by atoms with Gasteiger partial charge >= 0.3 is 5.97 Å². The third kappa shape index (κ3) is 5.28. The molecule has 1 aromatic carbocycles. The second-order valence-corrected chi connectivity index (χ2v) is 13.1. The molecule has 1 amide bonds. The molecule has 1 saturated heterocycles. The van der Waals surface area contributed by atoms with Crippen molar-refractivity contribution >= 4 is 40.8 Å². The van der Waals surface area contributed by atoms with E-state index >= 15 is 0 Å². The first-order valence-corrected chi connectivity index (χ1v) is 15.5. The zero-order valence-corrected chi connectivity index (χ0v) is 25.0. The molecule has 1 heterocycles. The van der Waals surface area contributed by atoms with Gasteiger partial charge in [0, 0.05) is 60.5 Å². The number of fused-ring (bicyclic) bond motifs is 5. The molecule has 0 aromatic heterocycles. The maximum Gasteiger partial charge on any atom is 0.344 e. The van der Waals surface area contributed by atoms with Crippen LogP contribution in [0.3, 0.4) is 0 Å². The molecular formula is C31H42Cl2N2O4. The van der Waals surface area contributed by atoms with E-state index in [0.717, 1.165) is 57.3 Å². The predicted octanol–water partition coefficient (Wildman–Crippen LogP) is 6.25. The molecule has 1 aliphatic heterocycles. The lowest BCUT2D eigenvalue weighted by Crippen LogP contribution is -2.54. The number of hydrogen-bond acceptors (Lipinski definition) is 5. The molecule has 6 unspecified atom stereocenters. The van der Waals surface area contributed by atoms with Gasteiger partial charge in [0.25, 0.3) is 0 Å². The Balaban J connectivity index is 1.19. The van der Waals surface area contributed by atoms with Crippen molar-refractivity contribution in [1.82, 2.24) is 4.90 Å². The van der Waals surface area contributed by atoms with E-state index in [-0.39, 0.29) is 35.4 Å². The summed E-state index contributed by atoms with van der Waals surface area (Å²) in [5.41, 5.74) is 2.32. The fourth-order valence-electron chi connectivity index (χ4n) is 8.39. The molecule has 214 valence electrons. The molecular weight excluding hydrogens is 535 g/mol. The molecule has 2 saturated carbocycles. The number of carbonyl (C=O) groups is 2. The van der Waals surface area contributed by atoms with Crippen LogP contribution in [0.15, 0.2) is 36.0 Å². The summed E-state index contributed by atoms with van der Waals surface area (Å²) in [6, 6.07) is 7.67. The maximum absolute atomic E-state index is 12.9. The third-order valence-electron chi connectivity index (χ3n) is 10.5. The van der Waals surface area contributed by atoms with Crippen LogP contribution in [0, 0.1) is 28.6 Å². The van der Waals surface area contributed by atoms with Gasteiger partial charge in [-0.15, -0.1) is 23.2 Å². The molecule has 6 atom stereocenters. The highest BCUT2D eigenvalue weighted by Gasteiger charge is 2.60. The van der Waals surface area contributed by atoms with Gasteiger partial charge in [-0.2, -0.15) is 0 Å². The number of nitrogens with zero attached hydrogens (tertiary/aromatic N) is 2.